The van der Waals surface area contributed by atoms with Crippen molar-refractivity contribution < 1.29 is 13.9 Å². The molecule has 0 saturated carbocycles. The number of aliphatic hydroxyl groups excluding tert-OH is 1. The van der Waals surface area contributed by atoms with Crippen molar-refractivity contribution >= 4 is 0 Å². The molecule has 1 atom stereocenters. The number of nitrogens with one attached hydrogen (secondary N) is 1. The number of halogens is 2. The van der Waals surface area contributed by atoms with Crippen molar-refractivity contribution in [3.8, 4) is 0 Å². The summed E-state index contributed by atoms with van der Waals surface area (Å²) >= 11 is 0. The smallest absolute Gasteiger partial charge is 0.126 e. The van der Waals surface area contributed by atoms with E-state index in [1.165, 1.54) is 0 Å². The molecule has 0 aliphatic rings. The molecular weight excluding hydrogens is 200 g/mol. The van der Waals surface area contributed by atoms with Crippen LogP contribution in [0.2, 0.25) is 0 Å². The lowest BCUT2D eigenvalue weighted by atomic mass is 10.1. The van der Waals surface area contributed by atoms with E-state index in [1.54, 1.807) is 18.3 Å². The van der Waals surface area contributed by atoms with Gasteiger partial charge in [0.25, 0.3) is 0 Å². The highest BCUT2D eigenvalue weighted by molar-refractivity contribution is 5.26. The molecule has 1 aromatic heterocycles. The summed E-state index contributed by atoms with van der Waals surface area (Å²) in [5.74, 6) is -1.40. The van der Waals surface area contributed by atoms with Crippen molar-refractivity contribution in [2.75, 3.05) is 0 Å². The first-order valence-electron chi connectivity index (χ1n) is 4.44. The molecule has 2 nitrogen and oxygen atoms in total. The summed E-state index contributed by atoms with van der Waals surface area (Å²) in [5, 5.41) is 9.77. The van der Waals surface area contributed by atoms with E-state index >= 15 is 0 Å². The monoisotopic (exact) mass is 209 g/mol. The summed E-state index contributed by atoms with van der Waals surface area (Å²) in [4.78, 5) is 2.78. The summed E-state index contributed by atoms with van der Waals surface area (Å²) < 4.78 is 25.7. The van der Waals surface area contributed by atoms with Crippen molar-refractivity contribution in [2.45, 2.75) is 6.10 Å². The molecule has 1 heterocycles. The number of aromatic amines is 1. The van der Waals surface area contributed by atoms with Crippen LogP contribution in [0.1, 0.15) is 17.4 Å². The van der Waals surface area contributed by atoms with Gasteiger partial charge in [-0.2, -0.15) is 0 Å². The molecule has 15 heavy (non-hydrogen) atoms. The lowest BCUT2D eigenvalue weighted by molar-refractivity contribution is 0.215. The van der Waals surface area contributed by atoms with Gasteiger partial charge in [-0.25, -0.2) is 8.78 Å². The molecule has 0 radical (unpaired) electrons. The topological polar surface area (TPSA) is 36.0 Å². The summed E-state index contributed by atoms with van der Waals surface area (Å²) in [6.07, 6.45) is 0.596. The van der Waals surface area contributed by atoms with Gasteiger partial charge in [-0.3, -0.25) is 0 Å². The van der Waals surface area contributed by atoms with Crippen LogP contribution in [0.5, 0.6) is 0 Å². The van der Waals surface area contributed by atoms with Crippen LogP contribution < -0.4 is 0 Å². The zero-order valence-corrected chi connectivity index (χ0v) is 7.74. The fourth-order valence-electron chi connectivity index (χ4n) is 1.43. The second-order valence-corrected chi connectivity index (χ2v) is 3.23. The van der Waals surface area contributed by atoms with Crippen molar-refractivity contribution in [2.24, 2.45) is 0 Å². The quantitative estimate of drug-likeness (QED) is 0.782. The molecule has 0 saturated heterocycles. The normalized spacial score (nSPS) is 12.7. The Bertz CT molecular complexity index is 433. The molecule has 2 aromatic rings. The zero-order valence-electron chi connectivity index (χ0n) is 7.74. The SMILES string of the molecule is OC(c1cc(F)cc(F)c1)c1ccc[nH]1. The minimum absolute atomic E-state index is 0.190. The Morgan fingerprint density at radius 2 is 1.80 bits per heavy atom. The molecule has 78 valence electrons. The third-order valence-corrected chi connectivity index (χ3v) is 2.12. The Kier molecular flexibility index (Phi) is 2.51. The average Bonchev–Trinajstić information content (AvgIpc) is 2.67. The number of benzene rings is 1. The van der Waals surface area contributed by atoms with Crippen LogP contribution >= 0.6 is 0 Å². The van der Waals surface area contributed by atoms with Crippen LogP contribution in [0.4, 0.5) is 8.78 Å². The Balaban J connectivity index is 2.37. The third kappa shape index (κ3) is 2.05. The van der Waals surface area contributed by atoms with E-state index in [9.17, 15) is 13.9 Å². The molecular formula is C11H9F2NO. The largest absolute Gasteiger partial charge is 0.382 e. The molecule has 2 rings (SSSR count). The van der Waals surface area contributed by atoms with E-state index < -0.39 is 17.7 Å². The van der Waals surface area contributed by atoms with E-state index in [0.29, 0.717) is 5.69 Å². The summed E-state index contributed by atoms with van der Waals surface area (Å²) in [6, 6.07) is 6.33. The molecule has 4 heteroatoms. The van der Waals surface area contributed by atoms with Gasteiger partial charge in [0.15, 0.2) is 0 Å². The van der Waals surface area contributed by atoms with Gasteiger partial charge < -0.3 is 10.1 Å². The summed E-state index contributed by atoms with van der Waals surface area (Å²) in [6.45, 7) is 0. The highest BCUT2D eigenvalue weighted by Gasteiger charge is 2.13. The second kappa shape index (κ2) is 3.82. The van der Waals surface area contributed by atoms with Crippen molar-refractivity contribution in [3.63, 3.8) is 0 Å². The fourth-order valence-corrected chi connectivity index (χ4v) is 1.43. The number of hydrogen-bond donors (Lipinski definition) is 2. The number of rotatable bonds is 2. The van der Waals surface area contributed by atoms with Gasteiger partial charge in [0.05, 0.1) is 0 Å². The van der Waals surface area contributed by atoms with Gasteiger partial charge in [-0.05, 0) is 29.8 Å². The Morgan fingerprint density at radius 3 is 2.33 bits per heavy atom. The van der Waals surface area contributed by atoms with E-state index in [0.717, 1.165) is 18.2 Å². The van der Waals surface area contributed by atoms with E-state index in [1.807, 2.05) is 0 Å². The Morgan fingerprint density at radius 1 is 1.13 bits per heavy atom. The van der Waals surface area contributed by atoms with Gasteiger partial charge >= 0.3 is 0 Å². The first kappa shape index (κ1) is 9.86. The highest BCUT2D eigenvalue weighted by Crippen LogP contribution is 2.21. The first-order chi connectivity index (χ1) is 7.16. The van der Waals surface area contributed by atoms with Gasteiger partial charge in [0, 0.05) is 18.0 Å². The average molecular weight is 209 g/mol. The van der Waals surface area contributed by atoms with E-state index in [-0.39, 0.29) is 5.56 Å². The molecule has 0 spiro atoms. The maximum absolute atomic E-state index is 12.9. The second-order valence-electron chi connectivity index (χ2n) is 3.23. The number of H-pyrrole nitrogens is 1. The van der Waals surface area contributed by atoms with Gasteiger partial charge in [-0.15, -0.1) is 0 Å². The minimum Gasteiger partial charge on any atom is -0.382 e. The van der Waals surface area contributed by atoms with Gasteiger partial charge in [0.2, 0.25) is 0 Å². The predicted molar refractivity (Wildman–Crippen MR) is 51.2 cm³/mol. The van der Waals surface area contributed by atoms with Crippen LogP contribution in [0.3, 0.4) is 0 Å². The van der Waals surface area contributed by atoms with Crippen LogP contribution in [0, 0.1) is 11.6 Å². The van der Waals surface area contributed by atoms with Crippen LogP contribution in [-0.4, -0.2) is 10.1 Å². The van der Waals surface area contributed by atoms with Gasteiger partial charge in [0.1, 0.15) is 17.7 Å². The molecule has 1 unspecified atom stereocenters. The summed E-state index contributed by atoms with van der Waals surface area (Å²) in [7, 11) is 0. The maximum Gasteiger partial charge on any atom is 0.126 e. The Hall–Kier alpha value is -1.68. The number of aromatic nitrogens is 1. The first-order valence-corrected chi connectivity index (χ1v) is 4.44. The fraction of sp³-hybridized carbons (Fsp3) is 0.0909. The molecule has 0 amide bonds. The number of hydrogen-bond acceptors (Lipinski definition) is 1. The van der Waals surface area contributed by atoms with E-state index in [4.69, 9.17) is 0 Å². The molecule has 1 aromatic carbocycles. The molecule has 0 aliphatic heterocycles. The molecule has 2 N–H and O–H groups in total. The van der Waals surface area contributed by atoms with Crippen LogP contribution in [0.25, 0.3) is 0 Å². The highest BCUT2D eigenvalue weighted by atomic mass is 19.1. The Labute approximate surface area is 85.2 Å². The predicted octanol–water partition coefficient (Wildman–Crippen LogP) is 2.37. The third-order valence-electron chi connectivity index (χ3n) is 2.12. The molecule has 0 aliphatic carbocycles. The lowest BCUT2D eigenvalue weighted by Crippen LogP contribution is -2.01. The van der Waals surface area contributed by atoms with Crippen LogP contribution in [-0.2, 0) is 0 Å². The van der Waals surface area contributed by atoms with Crippen molar-refractivity contribution in [1.82, 2.24) is 4.98 Å². The lowest BCUT2D eigenvalue weighted by Gasteiger charge is -2.09. The number of aliphatic hydroxyl groups is 1. The van der Waals surface area contributed by atoms with Crippen molar-refractivity contribution in [1.29, 1.82) is 0 Å². The maximum atomic E-state index is 12.9. The van der Waals surface area contributed by atoms with E-state index in [2.05, 4.69) is 4.98 Å². The molecule has 0 fully saturated rings. The standard InChI is InChI=1S/C11H9F2NO/c12-8-4-7(5-9(13)6-8)11(15)10-2-1-3-14-10/h1-6,11,14-15H. The van der Waals surface area contributed by atoms with Crippen LogP contribution in [0.15, 0.2) is 36.5 Å². The van der Waals surface area contributed by atoms with Crippen molar-refractivity contribution in [3.05, 3.63) is 59.4 Å². The zero-order chi connectivity index (χ0) is 10.8. The minimum atomic E-state index is -1.04. The van der Waals surface area contributed by atoms with Gasteiger partial charge in [-0.1, -0.05) is 0 Å². The summed E-state index contributed by atoms with van der Waals surface area (Å²) in [5.41, 5.74) is 0.690. The molecule has 0 bridgehead atoms.